The van der Waals surface area contributed by atoms with Gasteiger partial charge in [-0.1, -0.05) is 48.5 Å². The van der Waals surface area contributed by atoms with E-state index in [0.717, 1.165) is 40.1 Å². The van der Waals surface area contributed by atoms with E-state index in [1.54, 1.807) is 19.3 Å². The molecule has 172 valence electrons. The van der Waals surface area contributed by atoms with Crippen LogP contribution in [-0.4, -0.2) is 32.9 Å². The van der Waals surface area contributed by atoms with Crippen molar-refractivity contribution in [2.45, 2.75) is 6.42 Å². The molecule has 0 fully saturated rings. The van der Waals surface area contributed by atoms with Crippen LogP contribution in [0.5, 0.6) is 0 Å². The van der Waals surface area contributed by atoms with Crippen molar-refractivity contribution in [2.24, 2.45) is 0 Å². The summed E-state index contributed by atoms with van der Waals surface area (Å²) in [6, 6.07) is 23.7. The van der Waals surface area contributed by atoms with Gasteiger partial charge < -0.3 is 15.6 Å². The van der Waals surface area contributed by atoms with Gasteiger partial charge >= 0.3 is 0 Å². The molecule has 0 saturated carbocycles. The number of hydrogen-bond donors (Lipinski definition) is 3. The van der Waals surface area contributed by atoms with E-state index in [-0.39, 0.29) is 5.91 Å². The molecule has 0 aliphatic heterocycles. The van der Waals surface area contributed by atoms with E-state index in [4.69, 9.17) is 4.98 Å². The van der Waals surface area contributed by atoms with Gasteiger partial charge in [-0.3, -0.25) is 4.79 Å². The van der Waals surface area contributed by atoms with E-state index in [1.807, 2.05) is 66.7 Å². The summed E-state index contributed by atoms with van der Waals surface area (Å²) >= 11 is 0. The molecule has 0 bridgehead atoms. The van der Waals surface area contributed by atoms with Crippen LogP contribution in [0.2, 0.25) is 0 Å². The second kappa shape index (κ2) is 10.0. The number of carbonyl (C=O) groups excluding carboxylic acids is 1. The van der Waals surface area contributed by atoms with Crippen LogP contribution in [0.4, 0.5) is 11.5 Å². The molecule has 2 heterocycles. The summed E-state index contributed by atoms with van der Waals surface area (Å²) in [5.74, 6) is 1.48. The summed E-state index contributed by atoms with van der Waals surface area (Å²) in [5, 5.41) is 6.02. The van der Waals surface area contributed by atoms with Crippen molar-refractivity contribution in [3.05, 3.63) is 113 Å². The Kier molecular flexibility index (Phi) is 6.30. The molecule has 0 unspecified atom stereocenters. The zero-order valence-corrected chi connectivity index (χ0v) is 19.2. The summed E-state index contributed by atoms with van der Waals surface area (Å²) in [6.07, 6.45) is 7.87. The number of aromatic amines is 1. The van der Waals surface area contributed by atoms with Crippen molar-refractivity contribution in [1.82, 2.24) is 25.3 Å². The first-order chi connectivity index (χ1) is 17.2. The number of hydrogen-bond acceptors (Lipinski definition) is 5. The van der Waals surface area contributed by atoms with Crippen molar-refractivity contribution in [3.8, 4) is 0 Å². The van der Waals surface area contributed by atoms with Gasteiger partial charge in [-0.15, -0.1) is 0 Å². The quantitative estimate of drug-likeness (QED) is 0.310. The molecule has 0 saturated heterocycles. The van der Waals surface area contributed by atoms with Crippen LogP contribution in [-0.2, 0) is 6.42 Å². The molecular formula is C28H24N6O. The number of amides is 1. The Bertz CT molecular complexity index is 1510. The smallest absolute Gasteiger partial charge is 0.251 e. The minimum Gasteiger partial charge on any atom is -0.355 e. The lowest BCUT2D eigenvalue weighted by Crippen LogP contribution is -2.17. The van der Waals surface area contributed by atoms with Gasteiger partial charge in [0.25, 0.3) is 5.91 Å². The highest BCUT2D eigenvalue weighted by molar-refractivity contribution is 5.94. The number of rotatable bonds is 7. The molecule has 5 rings (SSSR count). The van der Waals surface area contributed by atoms with Crippen LogP contribution < -0.4 is 10.6 Å². The first-order valence-corrected chi connectivity index (χ1v) is 11.3. The van der Waals surface area contributed by atoms with Crippen molar-refractivity contribution in [3.63, 3.8) is 0 Å². The highest BCUT2D eigenvalue weighted by Crippen LogP contribution is 2.24. The SMILES string of the molecule is CNC(=O)c1cccc(C=Cc2cncnc2Nc2ccc3[nH]c(Cc4ccccc4)nc3c2)c1. The van der Waals surface area contributed by atoms with Crippen LogP contribution in [0.3, 0.4) is 0 Å². The molecule has 0 spiro atoms. The Morgan fingerprint density at radius 2 is 1.89 bits per heavy atom. The first-order valence-electron chi connectivity index (χ1n) is 11.3. The van der Waals surface area contributed by atoms with Gasteiger partial charge in [0, 0.05) is 36.5 Å². The second-order valence-electron chi connectivity index (χ2n) is 8.07. The zero-order chi connectivity index (χ0) is 24.0. The molecule has 3 N–H and O–H groups in total. The molecule has 0 radical (unpaired) electrons. The number of carbonyl (C=O) groups is 1. The topological polar surface area (TPSA) is 95.6 Å². The highest BCUT2D eigenvalue weighted by Gasteiger charge is 2.08. The van der Waals surface area contributed by atoms with Crippen LogP contribution >= 0.6 is 0 Å². The number of nitrogens with zero attached hydrogens (tertiary/aromatic N) is 3. The maximum absolute atomic E-state index is 11.9. The number of aromatic nitrogens is 4. The second-order valence-corrected chi connectivity index (χ2v) is 8.07. The molecule has 7 heteroatoms. The predicted octanol–water partition coefficient (Wildman–Crippen LogP) is 5.22. The first kappa shape index (κ1) is 22.0. The fraction of sp³-hybridized carbons (Fsp3) is 0.0714. The monoisotopic (exact) mass is 460 g/mol. The molecule has 0 atom stereocenters. The Morgan fingerprint density at radius 3 is 2.74 bits per heavy atom. The Hall–Kier alpha value is -4.78. The minimum atomic E-state index is -0.119. The summed E-state index contributed by atoms with van der Waals surface area (Å²) in [5.41, 5.74) is 6.30. The fourth-order valence-corrected chi connectivity index (χ4v) is 3.83. The molecule has 0 aliphatic carbocycles. The van der Waals surface area contributed by atoms with Crippen LogP contribution in [0.25, 0.3) is 23.2 Å². The predicted molar refractivity (Wildman–Crippen MR) is 139 cm³/mol. The van der Waals surface area contributed by atoms with Crippen molar-refractivity contribution in [1.29, 1.82) is 0 Å². The summed E-state index contributed by atoms with van der Waals surface area (Å²) in [4.78, 5) is 28.7. The maximum atomic E-state index is 11.9. The number of H-pyrrole nitrogens is 1. The van der Waals surface area contributed by atoms with Gasteiger partial charge in [-0.25, -0.2) is 15.0 Å². The van der Waals surface area contributed by atoms with Crippen molar-refractivity contribution in [2.75, 3.05) is 12.4 Å². The van der Waals surface area contributed by atoms with Crippen molar-refractivity contribution >= 4 is 40.6 Å². The molecule has 0 aliphatic rings. The lowest BCUT2D eigenvalue weighted by atomic mass is 10.1. The third-order valence-electron chi connectivity index (χ3n) is 5.58. The van der Waals surface area contributed by atoms with E-state index >= 15 is 0 Å². The summed E-state index contributed by atoms with van der Waals surface area (Å²) in [6.45, 7) is 0. The van der Waals surface area contributed by atoms with Crippen LogP contribution in [0.15, 0.2) is 85.3 Å². The summed E-state index contributed by atoms with van der Waals surface area (Å²) in [7, 11) is 1.62. The molecule has 5 aromatic rings. The van der Waals surface area contributed by atoms with Crippen LogP contribution in [0, 0.1) is 0 Å². The third-order valence-corrected chi connectivity index (χ3v) is 5.58. The van der Waals surface area contributed by atoms with Gasteiger partial charge in [0.2, 0.25) is 0 Å². The molecule has 35 heavy (non-hydrogen) atoms. The average Bonchev–Trinajstić information content (AvgIpc) is 3.30. The molecule has 7 nitrogen and oxygen atoms in total. The van der Waals surface area contributed by atoms with E-state index in [1.165, 1.54) is 11.9 Å². The lowest BCUT2D eigenvalue weighted by Gasteiger charge is -2.08. The molecule has 2 aromatic heterocycles. The number of nitrogens with one attached hydrogen (secondary N) is 3. The Morgan fingerprint density at radius 1 is 1.00 bits per heavy atom. The number of imidazole rings is 1. The van der Waals surface area contributed by atoms with E-state index < -0.39 is 0 Å². The largest absolute Gasteiger partial charge is 0.355 e. The highest BCUT2D eigenvalue weighted by atomic mass is 16.1. The van der Waals surface area contributed by atoms with E-state index in [0.29, 0.717) is 11.4 Å². The number of fused-ring (bicyclic) bond motifs is 1. The van der Waals surface area contributed by atoms with E-state index in [9.17, 15) is 4.79 Å². The fourth-order valence-electron chi connectivity index (χ4n) is 3.83. The van der Waals surface area contributed by atoms with Gasteiger partial charge in [-0.05, 0) is 47.5 Å². The average molecular weight is 461 g/mol. The zero-order valence-electron chi connectivity index (χ0n) is 19.2. The normalized spacial score (nSPS) is 11.1. The Balaban J connectivity index is 1.36. The van der Waals surface area contributed by atoms with E-state index in [2.05, 4.69) is 37.7 Å². The van der Waals surface area contributed by atoms with Gasteiger partial charge in [-0.2, -0.15) is 0 Å². The third kappa shape index (κ3) is 5.25. The maximum Gasteiger partial charge on any atom is 0.251 e. The summed E-state index contributed by atoms with van der Waals surface area (Å²) < 4.78 is 0. The molecular weight excluding hydrogens is 436 g/mol. The molecule has 1 amide bonds. The number of benzene rings is 3. The van der Waals surface area contributed by atoms with Gasteiger partial charge in [0.15, 0.2) is 0 Å². The van der Waals surface area contributed by atoms with Gasteiger partial charge in [0.05, 0.1) is 11.0 Å². The van der Waals surface area contributed by atoms with Gasteiger partial charge in [0.1, 0.15) is 18.0 Å². The van der Waals surface area contributed by atoms with Crippen molar-refractivity contribution < 1.29 is 4.79 Å². The number of anilines is 2. The minimum absolute atomic E-state index is 0.119. The molecule has 3 aromatic carbocycles. The Labute approximate surface area is 203 Å². The lowest BCUT2D eigenvalue weighted by molar-refractivity contribution is 0.0963. The standard InChI is InChI=1S/C28H24N6O/c1-29-28(35)21-9-5-8-20(14-21)10-11-22-17-30-18-31-27(22)32-23-12-13-24-25(16-23)34-26(33-24)15-19-6-3-2-4-7-19/h2-14,16-18H,15H2,1H3,(H,29,35)(H,33,34)(H,30,31,32). The van der Waals surface area contributed by atoms with Crippen LogP contribution in [0.1, 0.15) is 32.9 Å².